The maximum absolute atomic E-state index is 13.3. The first-order valence-electron chi connectivity index (χ1n) is 11.7. The van der Waals surface area contributed by atoms with Crippen molar-refractivity contribution in [2.45, 2.75) is 76.7 Å². The van der Waals surface area contributed by atoms with Crippen LogP contribution in [0.15, 0.2) is 0 Å². The number of aryl methyl sites for hydroxylation is 1. The molecule has 158 valence electrons. The van der Waals surface area contributed by atoms with Gasteiger partial charge >= 0.3 is 0 Å². The highest BCUT2D eigenvalue weighted by atomic mass is 16.2. The maximum Gasteiger partial charge on any atom is 0.227 e. The van der Waals surface area contributed by atoms with Crippen LogP contribution in [0.25, 0.3) is 0 Å². The van der Waals surface area contributed by atoms with Gasteiger partial charge in [-0.2, -0.15) is 0 Å². The Labute approximate surface area is 172 Å². The van der Waals surface area contributed by atoms with E-state index in [1.165, 1.54) is 19.3 Å². The number of hydrogen-bond acceptors (Lipinski definition) is 4. The van der Waals surface area contributed by atoms with Crippen LogP contribution in [0.4, 0.5) is 0 Å². The Morgan fingerprint density at radius 3 is 2.31 bits per heavy atom. The van der Waals surface area contributed by atoms with Crippen molar-refractivity contribution in [2.75, 3.05) is 26.2 Å². The molecule has 29 heavy (non-hydrogen) atoms. The van der Waals surface area contributed by atoms with Crippen molar-refractivity contribution in [3.63, 3.8) is 0 Å². The van der Waals surface area contributed by atoms with Crippen LogP contribution in [0.1, 0.15) is 75.4 Å². The number of amides is 2. The molecular formula is C22H33N5O2. The molecular weight excluding hydrogens is 366 g/mol. The minimum Gasteiger partial charge on any atom is -0.342 e. The third kappa shape index (κ3) is 3.92. The predicted molar refractivity (Wildman–Crippen MR) is 108 cm³/mol. The summed E-state index contributed by atoms with van der Waals surface area (Å²) in [5.41, 5.74) is 0. The molecule has 0 N–H and O–H groups in total. The maximum atomic E-state index is 13.3. The van der Waals surface area contributed by atoms with Crippen molar-refractivity contribution >= 4 is 11.8 Å². The molecule has 4 heterocycles. The first kappa shape index (κ1) is 19.1. The molecule has 2 amide bonds. The molecule has 2 atom stereocenters. The van der Waals surface area contributed by atoms with Crippen molar-refractivity contribution < 1.29 is 9.59 Å². The number of hydrogen-bond donors (Lipinski definition) is 0. The molecule has 1 saturated carbocycles. The lowest BCUT2D eigenvalue weighted by Gasteiger charge is -2.38. The summed E-state index contributed by atoms with van der Waals surface area (Å²) in [6.45, 7) is 4.06. The van der Waals surface area contributed by atoms with Crippen LogP contribution in [0.5, 0.6) is 0 Å². The number of piperidine rings is 2. The molecule has 4 aliphatic rings. The van der Waals surface area contributed by atoms with E-state index < -0.39 is 0 Å². The predicted octanol–water partition coefficient (Wildman–Crippen LogP) is 2.36. The van der Waals surface area contributed by atoms with E-state index in [0.717, 1.165) is 82.8 Å². The summed E-state index contributed by atoms with van der Waals surface area (Å²) in [7, 11) is 0. The molecule has 7 heteroatoms. The zero-order valence-corrected chi connectivity index (χ0v) is 17.4. The molecule has 1 aromatic rings. The lowest BCUT2D eigenvalue weighted by molar-refractivity contribution is -0.142. The van der Waals surface area contributed by atoms with E-state index in [4.69, 9.17) is 0 Å². The summed E-state index contributed by atoms with van der Waals surface area (Å²) in [5, 5.41) is 9.02. The first-order chi connectivity index (χ1) is 14.2. The lowest BCUT2D eigenvalue weighted by atomic mass is 9.92. The zero-order valence-electron chi connectivity index (χ0n) is 17.4. The van der Waals surface area contributed by atoms with Gasteiger partial charge in [0.2, 0.25) is 11.8 Å². The molecule has 0 radical (unpaired) electrons. The summed E-state index contributed by atoms with van der Waals surface area (Å²) in [4.78, 5) is 29.8. The highest BCUT2D eigenvalue weighted by molar-refractivity contribution is 5.83. The first-order valence-corrected chi connectivity index (χ1v) is 11.7. The number of fused-ring (bicyclic) bond motifs is 1. The third-order valence-electron chi connectivity index (χ3n) is 7.25. The molecule has 0 spiro atoms. The normalized spacial score (nSPS) is 28.0. The Hall–Kier alpha value is -1.92. The van der Waals surface area contributed by atoms with E-state index in [-0.39, 0.29) is 23.7 Å². The van der Waals surface area contributed by atoms with Gasteiger partial charge < -0.3 is 14.4 Å². The number of rotatable bonds is 3. The van der Waals surface area contributed by atoms with Crippen molar-refractivity contribution in [3.05, 3.63) is 11.6 Å². The fourth-order valence-corrected chi connectivity index (χ4v) is 5.42. The monoisotopic (exact) mass is 399 g/mol. The van der Waals surface area contributed by atoms with Gasteiger partial charge in [-0.3, -0.25) is 9.59 Å². The third-order valence-corrected chi connectivity index (χ3v) is 7.25. The van der Waals surface area contributed by atoms with Crippen molar-refractivity contribution in [3.8, 4) is 0 Å². The largest absolute Gasteiger partial charge is 0.342 e. The lowest BCUT2D eigenvalue weighted by Crippen LogP contribution is -2.49. The van der Waals surface area contributed by atoms with Crippen LogP contribution in [0, 0.1) is 11.8 Å². The summed E-state index contributed by atoms with van der Waals surface area (Å²) in [6.07, 6.45) is 10.7. The van der Waals surface area contributed by atoms with E-state index in [2.05, 4.69) is 19.7 Å². The molecule has 0 aromatic carbocycles. The molecule has 1 aromatic heterocycles. The van der Waals surface area contributed by atoms with Gasteiger partial charge in [-0.25, -0.2) is 0 Å². The Balaban J connectivity index is 1.25. The summed E-state index contributed by atoms with van der Waals surface area (Å²) in [6, 6.07) is 0. The zero-order chi connectivity index (χ0) is 19.8. The molecule has 3 aliphatic heterocycles. The number of carbonyl (C=O) groups is 2. The minimum atomic E-state index is -0.0271. The standard InChI is InChI=1S/C22H33N5O2/c28-21(16-9-10-16)26-12-5-7-18(15-26)22(29)25-11-4-6-17(14-25)20-24-23-19-8-2-1-3-13-27(19)20/h16-18H,1-15H2. The van der Waals surface area contributed by atoms with Crippen molar-refractivity contribution in [1.29, 1.82) is 0 Å². The summed E-state index contributed by atoms with van der Waals surface area (Å²) >= 11 is 0. The highest BCUT2D eigenvalue weighted by Crippen LogP contribution is 2.34. The highest BCUT2D eigenvalue weighted by Gasteiger charge is 2.38. The van der Waals surface area contributed by atoms with Crippen molar-refractivity contribution in [1.82, 2.24) is 24.6 Å². The molecule has 5 rings (SSSR count). The van der Waals surface area contributed by atoms with E-state index in [1.807, 2.05) is 4.90 Å². The average Bonchev–Trinajstić information content (AvgIpc) is 3.57. The van der Waals surface area contributed by atoms with Gasteiger partial charge in [-0.15, -0.1) is 10.2 Å². The molecule has 2 unspecified atom stereocenters. The fourth-order valence-electron chi connectivity index (χ4n) is 5.42. The number of nitrogens with zero attached hydrogens (tertiary/aromatic N) is 5. The van der Waals surface area contributed by atoms with Crippen LogP contribution in [0.2, 0.25) is 0 Å². The second-order valence-corrected chi connectivity index (χ2v) is 9.46. The Bertz CT molecular complexity index is 771. The van der Waals surface area contributed by atoms with Gasteiger partial charge in [-0.05, 0) is 51.4 Å². The smallest absolute Gasteiger partial charge is 0.227 e. The van der Waals surface area contributed by atoms with E-state index in [0.29, 0.717) is 12.5 Å². The van der Waals surface area contributed by atoms with E-state index in [9.17, 15) is 9.59 Å². The Kier molecular flexibility index (Phi) is 5.31. The summed E-state index contributed by atoms with van der Waals surface area (Å²) < 4.78 is 2.34. The fraction of sp³-hybridized carbons (Fsp3) is 0.818. The topological polar surface area (TPSA) is 71.3 Å². The van der Waals surface area contributed by atoms with Gasteiger partial charge in [-0.1, -0.05) is 6.42 Å². The van der Waals surface area contributed by atoms with Crippen LogP contribution in [-0.4, -0.2) is 62.6 Å². The average molecular weight is 400 g/mol. The summed E-state index contributed by atoms with van der Waals surface area (Å²) in [5.74, 6) is 3.26. The van der Waals surface area contributed by atoms with Gasteiger partial charge in [0.1, 0.15) is 11.6 Å². The number of likely N-dealkylation sites (tertiary alicyclic amines) is 2. The van der Waals surface area contributed by atoms with Crippen LogP contribution < -0.4 is 0 Å². The molecule has 7 nitrogen and oxygen atoms in total. The molecule has 3 fully saturated rings. The van der Waals surface area contributed by atoms with E-state index >= 15 is 0 Å². The molecule has 0 bridgehead atoms. The second-order valence-electron chi connectivity index (χ2n) is 9.46. The van der Waals surface area contributed by atoms with Crippen LogP contribution >= 0.6 is 0 Å². The van der Waals surface area contributed by atoms with Gasteiger partial charge in [0.25, 0.3) is 0 Å². The van der Waals surface area contributed by atoms with Crippen LogP contribution in [-0.2, 0) is 22.6 Å². The van der Waals surface area contributed by atoms with Crippen LogP contribution in [0.3, 0.4) is 0 Å². The Morgan fingerprint density at radius 2 is 1.48 bits per heavy atom. The quantitative estimate of drug-likeness (QED) is 0.782. The SMILES string of the molecule is O=C(C1CC1)N1CCCC(C(=O)N2CCCC(c3nnc4n3CCCCC4)C2)C1. The van der Waals surface area contributed by atoms with Gasteiger partial charge in [0, 0.05) is 51.0 Å². The second kappa shape index (κ2) is 8.07. The number of carbonyl (C=O) groups excluding carboxylic acids is 2. The van der Waals surface area contributed by atoms with Crippen molar-refractivity contribution in [2.24, 2.45) is 11.8 Å². The molecule has 2 saturated heterocycles. The Morgan fingerprint density at radius 1 is 0.724 bits per heavy atom. The van der Waals surface area contributed by atoms with Gasteiger partial charge in [0.15, 0.2) is 0 Å². The molecule has 1 aliphatic carbocycles. The van der Waals surface area contributed by atoms with E-state index in [1.54, 1.807) is 0 Å². The van der Waals surface area contributed by atoms with Gasteiger partial charge in [0.05, 0.1) is 5.92 Å². The number of aromatic nitrogens is 3. The minimum absolute atomic E-state index is 0.0271.